The van der Waals surface area contributed by atoms with Crippen molar-refractivity contribution in [3.05, 3.63) is 84.1 Å². The van der Waals surface area contributed by atoms with Gasteiger partial charge in [0.1, 0.15) is 17.5 Å². The molecule has 12 nitrogen and oxygen atoms in total. The summed E-state index contributed by atoms with van der Waals surface area (Å²) in [6, 6.07) is 9.61. The lowest BCUT2D eigenvalue weighted by atomic mass is 10.1. The molecule has 0 bridgehead atoms. The number of urea groups is 1. The van der Waals surface area contributed by atoms with E-state index in [4.69, 9.17) is 4.74 Å². The number of ether oxygens (including phenoxy) is 1. The molecule has 18 heteroatoms. The molecule has 4 rings (SSSR count). The molecule has 0 saturated carbocycles. The summed E-state index contributed by atoms with van der Waals surface area (Å²) < 4.78 is 89.7. The number of benzene rings is 3. The third kappa shape index (κ3) is 9.60. The van der Waals surface area contributed by atoms with Crippen molar-refractivity contribution in [2.24, 2.45) is 4.36 Å². The number of alkyl halides is 3. The van der Waals surface area contributed by atoms with Crippen LogP contribution in [0.4, 0.5) is 60.4 Å². The van der Waals surface area contributed by atoms with Gasteiger partial charge in [-0.05, 0) is 67.9 Å². The van der Waals surface area contributed by atoms with E-state index in [1.165, 1.54) is 36.7 Å². The normalized spacial score (nSPS) is 13.1. The third-order valence-corrected chi connectivity index (χ3v) is 8.19. The second-order valence-corrected chi connectivity index (χ2v) is 12.7. The van der Waals surface area contributed by atoms with E-state index in [2.05, 4.69) is 30.3 Å². The van der Waals surface area contributed by atoms with Crippen LogP contribution in [0, 0.1) is 11.6 Å². The Bertz CT molecular complexity index is 1990. The van der Waals surface area contributed by atoms with Crippen LogP contribution in [0.3, 0.4) is 0 Å². The maximum atomic E-state index is 15.2. The first kappa shape index (κ1) is 36.5. The number of nitrogens with zero attached hydrogens (tertiary/aromatic N) is 3. The van der Waals surface area contributed by atoms with Crippen molar-refractivity contribution < 1.29 is 45.6 Å². The van der Waals surface area contributed by atoms with Gasteiger partial charge < -0.3 is 31.1 Å². The summed E-state index contributed by atoms with van der Waals surface area (Å²) in [6.07, 6.45) is -3.10. The van der Waals surface area contributed by atoms with Crippen LogP contribution in [0.25, 0.3) is 11.1 Å². The molecule has 260 valence electrons. The van der Waals surface area contributed by atoms with E-state index in [0.717, 1.165) is 6.07 Å². The summed E-state index contributed by atoms with van der Waals surface area (Å²) in [7, 11) is -3.15. The van der Waals surface area contributed by atoms with Crippen molar-refractivity contribution in [3.8, 4) is 11.1 Å². The smallest absolute Gasteiger partial charge is 0.442 e. The highest BCUT2D eigenvalue weighted by Crippen LogP contribution is 2.33. The highest BCUT2D eigenvalue weighted by atomic mass is 32.2. The van der Waals surface area contributed by atoms with E-state index in [0.29, 0.717) is 23.9 Å². The van der Waals surface area contributed by atoms with E-state index < -0.39 is 57.0 Å². The average Bonchev–Trinajstić information content (AvgIpc) is 3.02. The monoisotopic (exact) mass is 707 g/mol. The number of amides is 3. The Labute approximate surface area is 277 Å². The lowest BCUT2D eigenvalue weighted by Crippen LogP contribution is -2.21. The number of carbonyl (C=O) groups excluding carboxylic acids is 2. The van der Waals surface area contributed by atoms with Crippen molar-refractivity contribution in [2.45, 2.75) is 31.0 Å². The summed E-state index contributed by atoms with van der Waals surface area (Å²) in [4.78, 5) is 33.2. The number of rotatable bonds is 10. The van der Waals surface area contributed by atoms with Gasteiger partial charge in [-0.2, -0.15) is 18.2 Å². The highest BCUT2D eigenvalue weighted by molar-refractivity contribution is 7.93. The minimum absolute atomic E-state index is 0.0516. The third-order valence-electron chi connectivity index (χ3n) is 6.56. The number of anilines is 5. The molecule has 2 atom stereocenters. The molecule has 1 aromatic heterocycles. The van der Waals surface area contributed by atoms with Crippen LogP contribution in [0.2, 0.25) is 0 Å². The average molecular weight is 708 g/mol. The SMILES string of the molecule is CCOC(=O)N=S(C)(=O)c1cccc(Nc2ncc(-c3ccc(NC(=O)Nc4cc(C(F)(F)F)ccc4F)c(F)c3)c(NC(C)CO)n2)c1. The van der Waals surface area contributed by atoms with Gasteiger partial charge in [0.05, 0.1) is 39.9 Å². The molecular formula is C31H30F5N7O5S. The molecule has 0 saturated heterocycles. The van der Waals surface area contributed by atoms with Gasteiger partial charge in [0.2, 0.25) is 5.95 Å². The number of hydrogen-bond donors (Lipinski definition) is 5. The first-order valence-corrected chi connectivity index (χ1v) is 16.3. The van der Waals surface area contributed by atoms with E-state index in [9.17, 15) is 36.5 Å². The summed E-state index contributed by atoms with van der Waals surface area (Å²) >= 11 is 0. The van der Waals surface area contributed by atoms with Crippen LogP contribution >= 0.6 is 0 Å². The first-order valence-electron chi connectivity index (χ1n) is 14.3. The Morgan fingerprint density at radius 2 is 1.76 bits per heavy atom. The lowest BCUT2D eigenvalue weighted by molar-refractivity contribution is -0.137. The molecule has 0 fully saturated rings. The summed E-state index contributed by atoms with van der Waals surface area (Å²) in [6.45, 7) is 3.03. The Morgan fingerprint density at radius 3 is 2.43 bits per heavy atom. The van der Waals surface area contributed by atoms with Gasteiger partial charge in [-0.25, -0.2) is 27.6 Å². The molecular weight excluding hydrogens is 677 g/mol. The lowest BCUT2D eigenvalue weighted by Gasteiger charge is -2.17. The van der Waals surface area contributed by atoms with Crippen LogP contribution in [0.1, 0.15) is 19.4 Å². The van der Waals surface area contributed by atoms with Gasteiger partial charge in [0.15, 0.2) is 0 Å². The maximum Gasteiger partial charge on any atom is 0.442 e. The van der Waals surface area contributed by atoms with Crippen LogP contribution in [-0.2, 0) is 20.6 Å². The fourth-order valence-electron chi connectivity index (χ4n) is 4.18. The number of aromatic nitrogens is 2. The molecule has 0 spiro atoms. The zero-order valence-corrected chi connectivity index (χ0v) is 26.9. The summed E-state index contributed by atoms with van der Waals surface area (Å²) in [5.41, 5.74) is -1.40. The number of nitrogens with one attached hydrogen (secondary N) is 4. The molecule has 3 amide bonds. The number of aliphatic hydroxyl groups excluding tert-OH is 1. The van der Waals surface area contributed by atoms with Crippen molar-refractivity contribution in [1.82, 2.24) is 9.97 Å². The molecule has 5 N–H and O–H groups in total. The second kappa shape index (κ2) is 15.2. The van der Waals surface area contributed by atoms with Gasteiger partial charge in [-0.3, -0.25) is 0 Å². The minimum Gasteiger partial charge on any atom is -0.448 e. The molecule has 0 aliphatic carbocycles. The molecule has 1 heterocycles. The van der Waals surface area contributed by atoms with Crippen LogP contribution in [-0.4, -0.2) is 56.9 Å². The zero-order valence-electron chi connectivity index (χ0n) is 26.1. The van der Waals surface area contributed by atoms with Gasteiger partial charge in [-0.15, -0.1) is 4.36 Å². The summed E-state index contributed by atoms with van der Waals surface area (Å²) in [5, 5.41) is 19.7. The number of halogens is 5. The minimum atomic E-state index is -4.78. The van der Waals surface area contributed by atoms with Gasteiger partial charge in [-0.1, -0.05) is 12.1 Å². The fourth-order valence-corrected chi connectivity index (χ4v) is 5.30. The zero-order chi connectivity index (χ0) is 35.9. The van der Waals surface area contributed by atoms with E-state index in [1.54, 1.807) is 26.0 Å². The van der Waals surface area contributed by atoms with E-state index in [-0.39, 0.29) is 46.7 Å². The largest absolute Gasteiger partial charge is 0.448 e. The molecule has 0 aliphatic heterocycles. The van der Waals surface area contributed by atoms with Gasteiger partial charge in [0.25, 0.3) is 0 Å². The van der Waals surface area contributed by atoms with Crippen LogP contribution in [0.5, 0.6) is 0 Å². The van der Waals surface area contributed by atoms with Crippen LogP contribution in [0.15, 0.2) is 76.1 Å². The van der Waals surface area contributed by atoms with Crippen molar-refractivity contribution in [1.29, 1.82) is 0 Å². The predicted molar refractivity (Wildman–Crippen MR) is 173 cm³/mol. The Hall–Kier alpha value is -5.36. The van der Waals surface area contributed by atoms with Crippen molar-refractivity contribution in [2.75, 3.05) is 40.7 Å². The summed E-state index contributed by atoms with van der Waals surface area (Å²) in [5.74, 6) is -1.86. The number of aliphatic hydroxyl groups is 1. The molecule has 0 radical (unpaired) electrons. The highest BCUT2D eigenvalue weighted by Gasteiger charge is 2.31. The molecule has 49 heavy (non-hydrogen) atoms. The predicted octanol–water partition coefficient (Wildman–Crippen LogP) is 7.23. The molecule has 3 aromatic carbocycles. The number of carbonyl (C=O) groups is 2. The standard InChI is InChI=1S/C31H30F5N7O5S/c1-4-48-30(46)43-49(3,47)21-7-5-6-20(14-21)39-28-37-15-22(27(42-28)38-17(2)16-44)18-8-11-25(24(33)12-18)40-29(45)41-26-13-19(31(34,35)36)9-10-23(26)32/h5-15,17,44H,4,16H2,1-3H3,(H2,40,41,45)(H2,37,38,39,42). The molecule has 0 aliphatic rings. The Balaban J connectivity index is 1.57. The van der Waals surface area contributed by atoms with Crippen molar-refractivity contribution in [3.63, 3.8) is 0 Å². The van der Waals surface area contributed by atoms with Gasteiger partial charge >= 0.3 is 18.3 Å². The Kier molecular flexibility index (Phi) is 11.3. The van der Waals surface area contributed by atoms with E-state index >= 15 is 4.39 Å². The van der Waals surface area contributed by atoms with Crippen LogP contribution < -0.4 is 21.3 Å². The topological polar surface area (TPSA) is 167 Å². The van der Waals surface area contributed by atoms with E-state index in [1.807, 2.05) is 5.32 Å². The second-order valence-electron chi connectivity index (χ2n) is 10.4. The van der Waals surface area contributed by atoms with Gasteiger partial charge in [0, 0.05) is 34.6 Å². The molecule has 2 unspecified atom stereocenters. The maximum absolute atomic E-state index is 15.2. The van der Waals surface area contributed by atoms with Crippen molar-refractivity contribution >= 4 is 50.7 Å². The first-order chi connectivity index (χ1) is 23.1. The number of hydrogen-bond acceptors (Lipinski definition) is 9. The molecule has 4 aromatic rings. The Morgan fingerprint density at radius 1 is 1.02 bits per heavy atom. The fraction of sp³-hybridized carbons (Fsp3) is 0.226. The quantitative estimate of drug-likeness (QED) is 0.107.